The predicted octanol–water partition coefficient (Wildman–Crippen LogP) is 2.17. The van der Waals surface area contributed by atoms with Crippen LogP contribution in [0.15, 0.2) is 24.3 Å². The van der Waals surface area contributed by atoms with Crippen molar-refractivity contribution in [3.63, 3.8) is 0 Å². The quantitative estimate of drug-likeness (QED) is 0.841. The molecule has 0 radical (unpaired) electrons. The van der Waals surface area contributed by atoms with Gasteiger partial charge in [0.2, 0.25) is 0 Å². The number of hydrogen-bond donors (Lipinski definition) is 1. The predicted molar refractivity (Wildman–Crippen MR) is 84.7 cm³/mol. The largest absolute Gasteiger partial charge is 0.479 e. The lowest BCUT2D eigenvalue weighted by Gasteiger charge is -2.24. The molecule has 1 amide bonds. The molecule has 1 N–H and O–H groups in total. The Bertz CT molecular complexity index is 597. The van der Waals surface area contributed by atoms with Gasteiger partial charge in [-0.25, -0.2) is 4.79 Å². The Balaban J connectivity index is 2.56. The molecule has 6 nitrogen and oxygen atoms in total. The maximum absolute atomic E-state index is 12.0. The van der Waals surface area contributed by atoms with E-state index in [1.54, 1.807) is 24.3 Å². The van der Waals surface area contributed by atoms with Crippen LogP contribution in [0.3, 0.4) is 0 Å². The summed E-state index contributed by atoms with van der Waals surface area (Å²) >= 11 is 0. The third-order valence-corrected chi connectivity index (χ3v) is 2.79. The summed E-state index contributed by atoms with van der Waals surface area (Å²) in [6.45, 7) is 8.57. The number of esters is 1. The van der Waals surface area contributed by atoms with Gasteiger partial charge in [0, 0.05) is 5.54 Å². The summed E-state index contributed by atoms with van der Waals surface area (Å²) in [6, 6.07) is 8.37. The van der Waals surface area contributed by atoms with E-state index in [0.29, 0.717) is 11.3 Å². The second-order valence-electron chi connectivity index (χ2n) is 6.21. The van der Waals surface area contributed by atoms with Crippen molar-refractivity contribution in [3.05, 3.63) is 29.8 Å². The molecule has 0 aliphatic heterocycles. The molecule has 0 saturated carbocycles. The first-order valence-electron chi connectivity index (χ1n) is 7.31. The van der Waals surface area contributed by atoms with Crippen LogP contribution in [0.5, 0.6) is 5.75 Å². The smallest absolute Gasteiger partial charge is 0.347 e. The van der Waals surface area contributed by atoms with E-state index in [1.807, 2.05) is 26.8 Å². The number of ether oxygens (including phenoxy) is 2. The van der Waals surface area contributed by atoms with Crippen LogP contribution >= 0.6 is 0 Å². The Morgan fingerprint density at radius 3 is 2.17 bits per heavy atom. The summed E-state index contributed by atoms with van der Waals surface area (Å²) < 4.78 is 10.6. The zero-order valence-corrected chi connectivity index (χ0v) is 14.0. The monoisotopic (exact) mass is 318 g/mol. The van der Waals surface area contributed by atoms with Gasteiger partial charge in [0.15, 0.2) is 12.2 Å². The van der Waals surface area contributed by atoms with E-state index < -0.39 is 23.7 Å². The van der Waals surface area contributed by atoms with E-state index in [9.17, 15) is 9.59 Å². The van der Waals surface area contributed by atoms with Crippen LogP contribution in [-0.4, -0.2) is 29.6 Å². The molecule has 1 aromatic carbocycles. The Hall–Kier alpha value is -2.55. The molecule has 0 unspecified atom stereocenters. The molecule has 2 atom stereocenters. The van der Waals surface area contributed by atoms with Gasteiger partial charge >= 0.3 is 5.97 Å². The Morgan fingerprint density at radius 2 is 1.70 bits per heavy atom. The lowest BCUT2D eigenvalue weighted by atomic mass is 10.1. The van der Waals surface area contributed by atoms with Crippen molar-refractivity contribution in [1.82, 2.24) is 5.32 Å². The topological polar surface area (TPSA) is 88.4 Å². The summed E-state index contributed by atoms with van der Waals surface area (Å²) in [6.07, 6.45) is -1.78. The van der Waals surface area contributed by atoms with Crippen molar-refractivity contribution in [1.29, 1.82) is 5.26 Å². The highest BCUT2D eigenvalue weighted by Crippen LogP contribution is 2.14. The van der Waals surface area contributed by atoms with E-state index in [2.05, 4.69) is 5.32 Å². The summed E-state index contributed by atoms with van der Waals surface area (Å²) in [4.78, 5) is 23.9. The molecule has 0 aliphatic rings. The number of amides is 1. The molecule has 1 aromatic rings. The third-order valence-electron chi connectivity index (χ3n) is 2.79. The minimum Gasteiger partial charge on any atom is -0.479 e. The van der Waals surface area contributed by atoms with Crippen molar-refractivity contribution >= 4 is 11.9 Å². The molecule has 0 aliphatic carbocycles. The molecule has 0 aromatic heterocycles. The van der Waals surface area contributed by atoms with Crippen LogP contribution in [0.25, 0.3) is 0 Å². The van der Waals surface area contributed by atoms with Crippen molar-refractivity contribution in [2.45, 2.75) is 52.4 Å². The first-order valence-corrected chi connectivity index (χ1v) is 7.31. The van der Waals surface area contributed by atoms with Gasteiger partial charge < -0.3 is 14.8 Å². The van der Waals surface area contributed by atoms with Crippen LogP contribution in [0, 0.1) is 11.3 Å². The molecule has 1 rings (SSSR count). The number of carbonyl (C=O) groups is 2. The third kappa shape index (κ3) is 6.39. The van der Waals surface area contributed by atoms with E-state index in [0.717, 1.165) is 0 Å². The molecule has 0 heterocycles. The lowest BCUT2D eigenvalue weighted by molar-refractivity contribution is -0.161. The number of nitrogens with zero attached hydrogens (tertiary/aromatic N) is 1. The number of hydrogen-bond acceptors (Lipinski definition) is 5. The molecule has 0 spiro atoms. The molecule has 0 saturated heterocycles. The molecule has 124 valence electrons. The second-order valence-corrected chi connectivity index (χ2v) is 6.21. The minimum atomic E-state index is -0.909. The number of benzene rings is 1. The highest BCUT2D eigenvalue weighted by atomic mass is 16.6. The number of nitriles is 1. The van der Waals surface area contributed by atoms with Crippen LogP contribution in [0.4, 0.5) is 0 Å². The van der Waals surface area contributed by atoms with Crippen LogP contribution < -0.4 is 10.1 Å². The summed E-state index contributed by atoms with van der Waals surface area (Å²) in [5, 5.41) is 11.5. The van der Waals surface area contributed by atoms with Gasteiger partial charge in [-0.15, -0.1) is 0 Å². The zero-order chi connectivity index (χ0) is 17.6. The average molecular weight is 318 g/mol. The van der Waals surface area contributed by atoms with Gasteiger partial charge in [-0.2, -0.15) is 5.26 Å². The molecule has 23 heavy (non-hydrogen) atoms. The minimum absolute atomic E-state index is 0.364. The first-order chi connectivity index (χ1) is 10.6. The van der Waals surface area contributed by atoms with Crippen LogP contribution in [0.2, 0.25) is 0 Å². The second kappa shape index (κ2) is 7.63. The fraction of sp³-hybridized carbons (Fsp3) is 0.471. The van der Waals surface area contributed by atoms with Crippen molar-refractivity contribution in [2.24, 2.45) is 0 Å². The van der Waals surface area contributed by atoms with E-state index in [4.69, 9.17) is 14.7 Å². The molecule has 0 fully saturated rings. The van der Waals surface area contributed by atoms with E-state index >= 15 is 0 Å². The van der Waals surface area contributed by atoms with Crippen molar-refractivity contribution in [3.8, 4) is 11.8 Å². The number of nitrogens with one attached hydrogen (secondary N) is 1. The highest BCUT2D eigenvalue weighted by molar-refractivity contribution is 5.84. The van der Waals surface area contributed by atoms with Gasteiger partial charge in [-0.3, -0.25) is 4.79 Å². The standard InChI is InChI=1S/C17H22N2O4/c1-11(15(20)19-17(3,4)5)23-16(21)12(2)22-14-8-6-13(10-18)7-9-14/h6-9,11-12H,1-5H3,(H,19,20)/t11-,12+/m1/s1. The fourth-order valence-electron chi connectivity index (χ4n) is 1.66. The normalized spacial score (nSPS) is 13.4. The Morgan fingerprint density at radius 1 is 1.13 bits per heavy atom. The lowest BCUT2D eigenvalue weighted by Crippen LogP contribution is -2.47. The molecular weight excluding hydrogens is 296 g/mol. The summed E-state index contributed by atoms with van der Waals surface area (Å²) in [5.74, 6) is -0.553. The zero-order valence-electron chi connectivity index (χ0n) is 14.0. The van der Waals surface area contributed by atoms with Gasteiger partial charge in [0.1, 0.15) is 5.75 Å². The number of carbonyl (C=O) groups excluding carboxylic acids is 2. The Labute approximate surface area is 136 Å². The van der Waals surface area contributed by atoms with Crippen molar-refractivity contribution in [2.75, 3.05) is 0 Å². The van der Waals surface area contributed by atoms with Crippen LogP contribution in [-0.2, 0) is 14.3 Å². The van der Waals surface area contributed by atoms with Gasteiger partial charge in [0.25, 0.3) is 5.91 Å². The van der Waals surface area contributed by atoms with E-state index in [-0.39, 0.29) is 5.91 Å². The number of rotatable bonds is 5. The van der Waals surface area contributed by atoms with Gasteiger partial charge in [0.05, 0.1) is 11.6 Å². The maximum Gasteiger partial charge on any atom is 0.347 e. The SMILES string of the molecule is C[C@H](Oc1ccc(C#N)cc1)C(=O)O[C@H](C)C(=O)NC(C)(C)C. The fourth-order valence-corrected chi connectivity index (χ4v) is 1.66. The van der Waals surface area contributed by atoms with E-state index in [1.165, 1.54) is 13.8 Å². The Kier molecular flexibility index (Phi) is 6.14. The first kappa shape index (κ1) is 18.5. The molecular formula is C17H22N2O4. The molecule has 6 heteroatoms. The highest BCUT2D eigenvalue weighted by Gasteiger charge is 2.25. The molecule has 0 bridgehead atoms. The average Bonchev–Trinajstić information content (AvgIpc) is 2.46. The van der Waals surface area contributed by atoms with Crippen LogP contribution in [0.1, 0.15) is 40.2 Å². The summed E-state index contributed by atoms with van der Waals surface area (Å²) in [7, 11) is 0. The van der Waals surface area contributed by atoms with Gasteiger partial charge in [-0.1, -0.05) is 0 Å². The maximum atomic E-state index is 12.0. The van der Waals surface area contributed by atoms with Gasteiger partial charge in [-0.05, 0) is 58.9 Å². The van der Waals surface area contributed by atoms with Crippen molar-refractivity contribution < 1.29 is 19.1 Å². The summed E-state index contributed by atoms with van der Waals surface area (Å²) in [5.41, 5.74) is 0.0996.